The Morgan fingerprint density at radius 2 is 1.88 bits per heavy atom. The van der Waals surface area contributed by atoms with E-state index in [0.717, 1.165) is 0 Å². The number of phosphoric ester groups is 1. The van der Waals surface area contributed by atoms with Crippen molar-refractivity contribution < 1.29 is 38.2 Å². The van der Waals surface area contributed by atoms with E-state index in [1.165, 1.54) is 23.5 Å². The van der Waals surface area contributed by atoms with Gasteiger partial charge in [0.1, 0.15) is 30.3 Å². The highest BCUT2D eigenvalue weighted by Crippen LogP contribution is 2.58. The number of ether oxygens (including phenoxy) is 2. The smallest absolute Gasteiger partial charge is 0.390 e. The summed E-state index contributed by atoms with van der Waals surface area (Å²) in [5.74, 6) is -0.621. The fraction of sp³-hybridized carbons (Fsp3) is 0.500. The minimum absolute atomic E-state index is 0.0251. The Balaban J connectivity index is 1.06. The molecule has 6 heterocycles. The number of fused-ring (bicyclic) bond motifs is 3. The van der Waals surface area contributed by atoms with Crippen molar-refractivity contribution in [2.45, 2.75) is 49.4 Å². The zero-order valence-electron chi connectivity index (χ0n) is 20.3. The van der Waals surface area contributed by atoms with Crippen molar-refractivity contribution in [2.24, 2.45) is 5.92 Å². The van der Waals surface area contributed by atoms with Gasteiger partial charge in [-0.25, -0.2) is 24.5 Å². The Hall–Kier alpha value is -3.55. The van der Waals surface area contributed by atoms with Crippen LogP contribution < -0.4 is 17.0 Å². The number of aliphatic hydroxyl groups excluding tert-OH is 2. The summed E-state index contributed by atoms with van der Waals surface area (Å²) >= 11 is 0. The lowest BCUT2D eigenvalue weighted by molar-refractivity contribution is -0.0740. The van der Waals surface area contributed by atoms with E-state index in [9.17, 15) is 24.5 Å². The largest absolute Gasteiger partial charge is 0.472 e. The number of aromatic nitrogens is 8. The number of H-pyrrole nitrogens is 1. The van der Waals surface area contributed by atoms with Crippen molar-refractivity contribution in [2.75, 3.05) is 18.1 Å². The van der Waals surface area contributed by atoms with Crippen LogP contribution in [0.2, 0.25) is 0 Å². The highest BCUT2D eigenvalue weighted by Gasteiger charge is 2.66. The predicted octanol–water partition coefficient (Wildman–Crippen LogP) is -1.84. The van der Waals surface area contributed by atoms with Crippen LogP contribution in [0.1, 0.15) is 18.9 Å². The standard InChI is InChI=1S/C20H23N10O9P/c21-15-10-16(24-3-23-15)29(4-25-10)8-1-6(31)7(37-8)2-36-40(34,35)39-14-9-12(32)13(9)38-19(14)30-5-26-11-17(30)27-20(22)28-18(11)33/h3-9,12-14,19,31-32H,1-2H2,(H,34,35)(H2,21,23,24)(H3,22,27,28,33)/t6-,7+,8+,9?,12?,13-,14+,19+/m0/s1. The number of nitrogens with one attached hydrogen (secondary N) is 1. The molecule has 0 aromatic carbocycles. The summed E-state index contributed by atoms with van der Waals surface area (Å²) in [5.41, 5.74) is 11.7. The second kappa shape index (κ2) is 8.98. The topological polar surface area (TPSA) is 274 Å². The number of rotatable bonds is 7. The molecular weight excluding hydrogens is 555 g/mol. The average Bonchev–Trinajstić information content (AvgIpc) is 3.41. The molecule has 40 heavy (non-hydrogen) atoms. The number of hydrogen-bond donors (Lipinski definition) is 6. The minimum atomic E-state index is -4.79. The molecular formula is C20H23N10O9P. The average molecular weight is 578 g/mol. The third kappa shape index (κ3) is 4.06. The van der Waals surface area contributed by atoms with Gasteiger partial charge in [-0.05, 0) is 0 Å². The van der Waals surface area contributed by atoms with E-state index in [1.807, 2.05) is 0 Å². The monoisotopic (exact) mass is 578 g/mol. The van der Waals surface area contributed by atoms with Gasteiger partial charge in [0.2, 0.25) is 5.95 Å². The van der Waals surface area contributed by atoms with Gasteiger partial charge in [0.25, 0.3) is 5.56 Å². The molecule has 9 atom stereocenters. The molecule has 1 saturated carbocycles. The van der Waals surface area contributed by atoms with E-state index < -0.39 is 68.9 Å². The molecule has 0 radical (unpaired) electrons. The quantitative estimate of drug-likeness (QED) is 0.131. The van der Waals surface area contributed by atoms with Gasteiger partial charge in [-0.1, -0.05) is 0 Å². The Kier molecular flexibility index (Phi) is 5.71. The molecule has 19 nitrogen and oxygen atoms in total. The lowest BCUT2D eigenvalue weighted by atomic mass is 10.2. The first-order valence-corrected chi connectivity index (χ1v) is 13.6. The maximum atomic E-state index is 13.0. The molecule has 8 N–H and O–H groups in total. The fourth-order valence-corrected chi connectivity index (χ4v) is 6.16. The first-order chi connectivity index (χ1) is 19.1. The van der Waals surface area contributed by atoms with Crippen LogP contribution in [0.4, 0.5) is 11.8 Å². The van der Waals surface area contributed by atoms with E-state index in [1.54, 1.807) is 4.57 Å². The summed E-state index contributed by atoms with van der Waals surface area (Å²) in [6.45, 7) is -0.494. The van der Waals surface area contributed by atoms with Gasteiger partial charge < -0.3 is 36.0 Å². The molecule has 20 heteroatoms. The number of imidazole rings is 2. The zero-order chi connectivity index (χ0) is 27.9. The van der Waals surface area contributed by atoms with E-state index in [-0.39, 0.29) is 29.4 Å². The van der Waals surface area contributed by atoms with Gasteiger partial charge in [0.05, 0.1) is 37.6 Å². The second-order valence-corrected chi connectivity index (χ2v) is 11.1. The first kappa shape index (κ1) is 25.4. The minimum Gasteiger partial charge on any atom is -0.390 e. The van der Waals surface area contributed by atoms with E-state index in [2.05, 4.69) is 29.9 Å². The molecule has 7 rings (SSSR count). The number of aliphatic hydroxyl groups is 2. The summed E-state index contributed by atoms with van der Waals surface area (Å²) in [6.07, 6.45) is -2.47. The highest BCUT2D eigenvalue weighted by molar-refractivity contribution is 7.47. The maximum absolute atomic E-state index is 13.0. The number of nitrogens with zero attached hydrogens (tertiary/aromatic N) is 7. The summed E-state index contributed by atoms with van der Waals surface area (Å²) in [6, 6.07) is 0. The van der Waals surface area contributed by atoms with Crippen LogP contribution in [0.5, 0.6) is 0 Å². The molecule has 4 aromatic rings. The van der Waals surface area contributed by atoms with E-state index in [4.69, 9.17) is 30.0 Å². The molecule has 3 aliphatic rings. The Bertz CT molecular complexity index is 1730. The molecule has 2 saturated heterocycles. The van der Waals surface area contributed by atoms with Crippen LogP contribution in [0, 0.1) is 5.92 Å². The molecule has 212 valence electrons. The van der Waals surface area contributed by atoms with Gasteiger partial charge in [0.15, 0.2) is 28.9 Å². The third-order valence-electron chi connectivity index (χ3n) is 7.21. The van der Waals surface area contributed by atoms with Crippen molar-refractivity contribution in [3.63, 3.8) is 0 Å². The van der Waals surface area contributed by atoms with Crippen molar-refractivity contribution in [1.29, 1.82) is 0 Å². The molecule has 0 amide bonds. The van der Waals surface area contributed by atoms with Crippen LogP contribution in [0.15, 0.2) is 23.8 Å². The maximum Gasteiger partial charge on any atom is 0.472 e. The van der Waals surface area contributed by atoms with Crippen LogP contribution in [0.3, 0.4) is 0 Å². The van der Waals surface area contributed by atoms with Crippen LogP contribution in [0.25, 0.3) is 22.3 Å². The molecule has 0 spiro atoms. The van der Waals surface area contributed by atoms with Gasteiger partial charge in [0, 0.05) is 12.3 Å². The van der Waals surface area contributed by atoms with Crippen molar-refractivity contribution in [3.05, 3.63) is 29.3 Å². The molecule has 3 unspecified atom stereocenters. The lowest BCUT2D eigenvalue weighted by Gasteiger charge is -2.26. The Morgan fingerprint density at radius 3 is 2.70 bits per heavy atom. The number of nitrogens with two attached hydrogens (primary N) is 2. The third-order valence-corrected chi connectivity index (χ3v) is 8.19. The fourth-order valence-electron chi connectivity index (χ4n) is 5.21. The normalized spacial score (nSPS) is 33.0. The summed E-state index contributed by atoms with van der Waals surface area (Å²) in [4.78, 5) is 45.4. The number of anilines is 2. The number of phosphoric acid groups is 1. The molecule has 0 bridgehead atoms. The first-order valence-electron chi connectivity index (χ1n) is 12.1. The zero-order valence-corrected chi connectivity index (χ0v) is 21.2. The van der Waals surface area contributed by atoms with E-state index >= 15 is 0 Å². The predicted molar refractivity (Wildman–Crippen MR) is 131 cm³/mol. The van der Waals surface area contributed by atoms with Crippen molar-refractivity contribution >= 4 is 41.9 Å². The SMILES string of the molecule is Nc1nc2c(ncn2[C@@H]2O[C@@H]3C(O)C3[C@H]2OP(=O)(O)OC[C@H]2O[C@@H](n3cnc4c(N)ncnc43)C[C@@H]2O)c(=O)[nH]1. The van der Waals surface area contributed by atoms with Gasteiger partial charge in [-0.15, -0.1) is 0 Å². The second-order valence-electron chi connectivity index (χ2n) is 9.68. The molecule has 3 fully saturated rings. The van der Waals surface area contributed by atoms with E-state index in [0.29, 0.717) is 11.2 Å². The summed E-state index contributed by atoms with van der Waals surface area (Å²) in [5, 5.41) is 20.7. The van der Waals surface area contributed by atoms with Crippen LogP contribution in [-0.4, -0.2) is 91.3 Å². The summed E-state index contributed by atoms with van der Waals surface area (Å²) < 4.78 is 38.2. The Morgan fingerprint density at radius 1 is 1.10 bits per heavy atom. The molecule has 4 aromatic heterocycles. The van der Waals surface area contributed by atoms with Crippen molar-refractivity contribution in [3.8, 4) is 0 Å². The summed E-state index contributed by atoms with van der Waals surface area (Å²) in [7, 11) is -4.79. The Labute approximate surface area is 222 Å². The highest BCUT2D eigenvalue weighted by atomic mass is 31.2. The van der Waals surface area contributed by atoms with Gasteiger partial charge in [-0.2, -0.15) is 4.98 Å². The molecule has 2 aliphatic heterocycles. The van der Waals surface area contributed by atoms with Crippen LogP contribution >= 0.6 is 7.82 Å². The number of hydrogen-bond acceptors (Lipinski definition) is 15. The lowest BCUT2D eigenvalue weighted by Crippen LogP contribution is -2.30. The number of nitrogen functional groups attached to an aromatic ring is 2. The van der Waals surface area contributed by atoms with Crippen molar-refractivity contribution in [1.82, 2.24) is 39.0 Å². The van der Waals surface area contributed by atoms with Gasteiger partial charge >= 0.3 is 7.82 Å². The van der Waals surface area contributed by atoms with Gasteiger partial charge in [-0.3, -0.25) is 28.0 Å². The van der Waals surface area contributed by atoms with Crippen LogP contribution in [-0.2, 0) is 23.1 Å². The number of aromatic amines is 1. The molecule has 1 aliphatic carbocycles.